The lowest BCUT2D eigenvalue weighted by Crippen LogP contribution is -2.11. The van der Waals surface area contributed by atoms with Crippen molar-refractivity contribution in [1.29, 1.82) is 0 Å². The first-order chi connectivity index (χ1) is 12.6. The maximum atomic E-state index is 12.2. The summed E-state index contributed by atoms with van der Waals surface area (Å²) in [6.07, 6.45) is 1.42. The molecule has 0 saturated heterocycles. The minimum absolute atomic E-state index is 0.0357. The van der Waals surface area contributed by atoms with E-state index in [1.807, 2.05) is 61.5 Å². The molecule has 0 fully saturated rings. The summed E-state index contributed by atoms with van der Waals surface area (Å²) in [6.45, 7) is 2.01. The van der Waals surface area contributed by atoms with E-state index in [-0.39, 0.29) is 17.0 Å². The summed E-state index contributed by atoms with van der Waals surface area (Å²) in [5.41, 5.74) is 3.40. The lowest BCUT2D eigenvalue weighted by Gasteiger charge is -2.00. The van der Waals surface area contributed by atoms with Crippen LogP contribution in [-0.4, -0.2) is 15.1 Å². The van der Waals surface area contributed by atoms with E-state index < -0.39 is 0 Å². The second kappa shape index (κ2) is 6.61. The molecule has 0 amide bonds. The summed E-state index contributed by atoms with van der Waals surface area (Å²) in [6, 6.07) is 19.3. The van der Waals surface area contributed by atoms with Crippen LogP contribution in [0.5, 0.6) is 0 Å². The number of benzene rings is 2. The Morgan fingerprint density at radius 2 is 1.85 bits per heavy atom. The van der Waals surface area contributed by atoms with Gasteiger partial charge in [-0.1, -0.05) is 42.5 Å². The van der Waals surface area contributed by atoms with Gasteiger partial charge in [0.15, 0.2) is 0 Å². The van der Waals surface area contributed by atoms with Gasteiger partial charge < -0.3 is 10.1 Å². The monoisotopic (exact) mass is 360 g/mol. The highest BCUT2D eigenvalue weighted by atomic mass is 32.1. The number of aromatic nitrogens is 2. The first-order valence-corrected chi connectivity index (χ1v) is 8.99. The molecule has 0 aliphatic carbocycles. The Bertz CT molecular complexity index is 1170. The molecule has 4 nitrogen and oxygen atoms in total. The molecule has 5 heteroatoms. The lowest BCUT2D eigenvalue weighted by molar-refractivity contribution is 0.517. The van der Waals surface area contributed by atoms with Gasteiger partial charge in [-0.15, -0.1) is 11.3 Å². The van der Waals surface area contributed by atoms with Crippen LogP contribution in [0, 0.1) is 6.92 Å². The molecule has 0 aliphatic heterocycles. The molecule has 4 rings (SSSR count). The van der Waals surface area contributed by atoms with E-state index in [1.165, 1.54) is 17.4 Å². The van der Waals surface area contributed by atoms with E-state index in [4.69, 9.17) is 0 Å². The van der Waals surface area contributed by atoms with Crippen LogP contribution in [0.4, 0.5) is 0 Å². The van der Waals surface area contributed by atoms with E-state index in [0.29, 0.717) is 15.9 Å². The molecule has 0 unspecified atom stereocenters. The van der Waals surface area contributed by atoms with Crippen LogP contribution in [0.2, 0.25) is 0 Å². The second-order valence-corrected chi connectivity index (χ2v) is 7.04. The quantitative estimate of drug-likeness (QED) is 0.504. The molecule has 0 atom stereocenters. The number of hydrogen-bond acceptors (Lipinski definition) is 4. The van der Waals surface area contributed by atoms with Crippen molar-refractivity contribution in [2.75, 3.05) is 0 Å². The largest absolute Gasteiger partial charge is 0.506 e. The van der Waals surface area contributed by atoms with Crippen molar-refractivity contribution in [2.45, 2.75) is 6.92 Å². The van der Waals surface area contributed by atoms with Crippen molar-refractivity contribution in [2.24, 2.45) is 0 Å². The summed E-state index contributed by atoms with van der Waals surface area (Å²) in [5, 5.41) is 10.5. The van der Waals surface area contributed by atoms with Gasteiger partial charge >= 0.3 is 0 Å². The molecule has 2 heterocycles. The molecule has 0 radical (unpaired) electrons. The molecule has 0 spiro atoms. The molecular formula is C21H16N2O2S. The second-order valence-electron chi connectivity index (χ2n) is 5.99. The van der Waals surface area contributed by atoms with Crippen molar-refractivity contribution in [1.82, 2.24) is 9.97 Å². The van der Waals surface area contributed by atoms with Crippen LogP contribution in [-0.2, 0) is 0 Å². The van der Waals surface area contributed by atoms with Gasteiger partial charge in [0.25, 0.3) is 5.56 Å². The highest BCUT2D eigenvalue weighted by Crippen LogP contribution is 2.35. The van der Waals surface area contributed by atoms with Gasteiger partial charge in [-0.2, -0.15) is 0 Å². The summed E-state index contributed by atoms with van der Waals surface area (Å²) >= 11 is 1.49. The molecule has 4 aromatic rings. The van der Waals surface area contributed by atoms with Crippen LogP contribution < -0.4 is 5.56 Å². The average molecular weight is 360 g/mol. The van der Waals surface area contributed by atoms with Crippen LogP contribution in [0.15, 0.2) is 65.5 Å². The number of aryl methyl sites for hydroxylation is 1. The number of nitrogens with zero attached hydrogens (tertiary/aromatic N) is 1. The summed E-state index contributed by atoms with van der Waals surface area (Å²) in [7, 11) is 0. The molecule has 26 heavy (non-hydrogen) atoms. The Balaban J connectivity index is 1.75. The first kappa shape index (κ1) is 16.3. The van der Waals surface area contributed by atoms with Gasteiger partial charge in [-0.25, -0.2) is 4.98 Å². The zero-order valence-electron chi connectivity index (χ0n) is 14.1. The van der Waals surface area contributed by atoms with E-state index in [2.05, 4.69) is 9.97 Å². The van der Waals surface area contributed by atoms with Gasteiger partial charge in [0.2, 0.25) is 0 Å². The Labute approximate surface area is 154 Å². The Kier molecular flexibility index (Phi) is 4.14. The number of thiophene rings is 1. The fourth-order valence-corrected chi connectivity index (χ4v) is 3.92. The molecule has 0 aliphatic rings. The van der Waals surface area contributed by atoms with Crippen molar-refractivity contribution < 1.29 is 5.11 Å². The third-order valence-corrected chi connectivity index (χ3v) is 5.41. The zero-order chi connectivity index (χ0) is 18.1. The number of aliphatic hydroxyl groups excluding tert-OH is 1. The van der Waals surface area contributed by atoms with Crippen molar-refractivity contribution in [3.63, 3.8) is 0 Å². The Morgan fingerprint density at radius 3 is 2.65 bits per heavy atom. The van der Waals surface area contributed by atoms with E-state index in [0.717, 1.165) is 16.0 Å². The summed E-state index contributed by atoms with van der Waals surface area (Å²) < 4.78 is 0. The molecular weight excluding hydrogens is 344 g/mol. The predicted molar refractivity (Wildman–Crippen MR) is 107 cm³/mol. The zero-order valence-corrected chi connectivity index (χ0v) is 14.9. The van der Waals surface area contributed by atoms with Crippen LogP contribution in [0.3, 0.4) is 0 Å². The smallest absolute Gasteiger partial charge is 0.274 e. The standard InChI is InChI=1S/C21H16N2O2S/c1-13-11-19(26-20(13)14-7-3-2-4-8-14)18(24)12-17-21(25)23-16-10-6-5-9-15(16)22-17/h2-12,24H,1H3,(H,23,25)/b18-12-. The van der Waals surface area contributed by atoms with Crippen molar-refractivity contribution in [3.8, 4) is 10.4 Å². The number of H-pyrrole nitrogens is 1. The normalized spacial score (nSPS) is 11.8. The summed E-state index contributed by atoms with van der Waals surface area (Å²) in [5.74, 6) is 0.0357. The highest BCUT2D eigenvalue weighted by molar-refractivity contribution is 7.16. The molecule has 0 bridgehead atoms. The fraction of sp³-hybridized carbons (Fsp3) is 0.0476. The van der Waals surface area contributed by atoms with E-state index >= 15 is 0 Å². The number of fused-ring (bicyclic) bond motifs is 1. The lowest BCUT2D eigenvalue weighted by atomic mass is 10.1. The minimum Gasteiger partial charge on any atom is -0.506 e. The third kappa shape index (κ3) is 3.05. The van der Waals surface area contributed by atoms with Crippen molar-refractivity contribution in [3.05, 3.63) is 87.2 Å². The maximum Gasteiger partial charge on any atom is 0.274 e. The number of aromatic amines is 1. The average Bonchev–Trinajstić information content (AvgIpc) is 3.05. The number of nitrogens with one attached hydrogen (secondary N) is 1. The molecule has 128 valence electrons. The van der Waals surface area contributed by atoms with E-state index in [9.17, 15) is 9.90 Å². The first-order valence-electron chi connectivity index (χ1n) is 8.18. The van der Waals surface area contributed by atoms with Crippen molar-refractivity contribution >= 4 is 34.2 Å². The Morgan fingerprint density at radius 1 is 1.12 bits per heavy atom. The van der Waals surface area contributed by atoms with Gasteiger partial charge in [0.1, 0.15) is 11.5 Å². The van der Waals surface area contributed by atoms with Crippen LogP contribution >= 0.6 is 11.3 Å². The molecule has 2 N–H and O–H groups in total. The number of hydrogen-bond donors (Lipinski definition) is 2. The number of aliphatic hydroxyl groups is 1. The summed E-state index contributed by atoms with van der Waals surface area (Å²) in [4.78, 5) is 21.2. The van der Waals surface area contributed by atoms with Gasteiger partial charge in [-0.05, 0) is 36.2 Å². The number of rotatable bonds is 3. The van der Waals surface area contributed by atoms with E-state index in [1.54, 1.807) is 6.07 Å². The highest BCUT2D eigenvalue weighted by Gasteiger charge is 2.12. The third-order valence-electron chi connectivity index (χ3n) is 4.11. The fourth-order valence-electron chi connectivity index (χ4n) is 2.83. The number of para-hydroxylation sites is 2. The molecule has 0 saturated carbocycles. The van der Waals surface area contributed by atoms with Gasteiger partial charge in [0.05, 0.1) is 15.9 Å². The van der Waals surface area contributed by atoms with Crippen LogP contribution in [0.25, 0.3) is 33.3 Å². The molecule has 2 aromatic heterocycles. The minimum atomic E-state index is -0.327. The van der Waals surface area contributed by atoms with Gasteiger partial charge in [0, 0.05) is 11.0 Å². The van der Waals surface area contributed by atoms with Gasteiger partial charge in [-0.3, -0.25) is 4.79 Å². The SMILES string of the molecule is Cc1cc(/C(O)=C/c2nc3ccccc3[nH]c2=O)sc1-c1ccccc1. The predicted octanol–water partition coefficient (Wildman–Crippen LogP) is 5.02. The van der Waals surface area contributed by atoms with Crippen LogP contribution in [0.1, 0.15) is 16.1 Å². The topological polar surface area (TPSA) is 66.0 Å². The Hall–Kier alpha value is -3.18. The maximum absolute atomic E-state index is 12.2. The molecule has 2 aromatic carbocycles.